The SMILES string of the molecule is Cc1ccc(/C=N\NC(=O)CN(CCc2ccccc2)S(=O)(=O)c2ccccc2)cc1. The average Bonchev–Trinajstić information content (AvgIpc) is 2.79. The molecule has 160 valence electrons. The van der Waals surface area contributed by atoms with E-state index >= 15 is 0 Å². The van der Waals surface area contributed by atoms with Crippen molar-refractivity contribution in [2.45, 2.75) is 18.2 Å². The largest absolute Gasteiger partial charge is 0.272 e. The van der Waals surface area contributed by atoms with Gasteiger partial charge in [-0.2, -0.15) is 9.41 Å². The highest BCUT2D eigenvalue weighted by molar-refractivity contribution is 7.89. The lowest BCUT2D eigenvalue weighted by atomic mass is 10.1. The van der Waals surface area contributed by atoms with Gasteiger partial charge in [0.25, 0.3) is 5.91 Å². The molecular formula is C24H25N3O3S. The van der Waals surface area contributed by atoms with Crippen LogP contribution in [0.5, 0.6) is 0 Å². The van der Waals surface area contributed by atoms with E-state index in [-0.39, 0.29) is 18.0 Å². The van der Waals surface area contributed by atoms with Crippen molar-refractivity contribution in [2.75, 3.05) is 13.1 Å². The highest BCUT2D eigenvalue weighted by Crippen LogP contribution is 2.16. The van der Waals surface area contributed by atoms with E-state index < -0.39 is 15.9 Å². The average molecular weight is 436 g/mol. The van der Waals surface area contributed by atoms with E-state index in [1.165, 1.54) is 22.7 Å². The number of carbonyl (C=O) groups is 1. The molecule has 7 heteroatoms. The van der Waals surface area contributed by atoms with Gasteiger partial charge in [-0.3, -0.25) is 4.79 Å². The van der Waals surface area contributed by atoms with Crippen LogP contribution in [0.1, 0.15) is 16.7 Å². The Labute approximate surface area is 183 Å². The van der Waals surface area contributed by atoms with Gasteiger partial charge in [0.2, 0.25) is 10.0 Å². The van der Waals surface area contributed by atoms with Gasteiger partial charge in [0.05, 0.1) is 17.7 Å². The van der Waals surface area contributed by atoms with Crippen LogP contribution in [0.4, 0.5) is 0 Å². The van der Waals surface area contributed by atoms with Crippen LogP contribution in [0, 0.1) is 6.92 Å². The Balaban J connectivity index is 1.70. The Morgan fingerprint density at radius 1 is 0.935 bits per heavy atom. The molecule has 0 atom stereocenters. The molecule has 0 radical (unpaired) electrons. The predicted molar refractivity (Wildman–Crippen MR) is 122 cm³/mol. The standard InChI is InChI=1S/C24H25N3O3S/c1-20-12-14-22(15-13-20)18-25-26-24(28)19-27(17-16-21-8-4-2-5-9-21)31(29,30)23-10-6-3-7-11-23/h2-15,18H,16-17,19H2,1H3,(H,26,28)/b25-18-. The van der Waals surface area contributed by atoms with E-state index in [4.69, 9.17) is 0 Å². The maximum absolute atomic E-state index is 13.1. The van der Waals surface area contributed by atoms with Crippen molar-refractivity contribution in [3.8, 4) is 0 Å². The number of aryl methyl sites for hydroxylation is 1. The van der Waals surface area contributed by atoms with Gasteiger partial charge in [0.1, 0.15) is 0 Å². The van der Waals surface area contributed by atoms with E-state index in [2.05, 4.69) is 10.5 Å². The first-order valence-electron chi connectivity index (χ1n) is 9.93. The van der Waals surface area contributed by atoms with Gasteiger partial charge in [-0.25, -0.2) is 13.8 Å². The molecule has 0 saturated carbocycles. The van der Waals surface area contributed by atoms with Crippen LogP contribution in [-0.4, -0.2) is 37.9 Å². The van der Waals surface area contributed by atoms with Gasteiger partial charge >= 0.3 is 0 Å². The molecule has 31 heavy (non-hydrogen) atoms. The number of sulfonamides is 1. The van der Waals surface area contributed by atoms with Gasteiger partial charge in [0.15, 0.2) is 0 Å². The van der Waals surface area contributed by atoms with Crippen LogP contribution in [0.15, 0.2) is 94.9 Å². The Kier molecular flexibility index (Phi) is 7.70. The quantitative estimate of drug-likeness (QED) is 0.413. The van der Waals surface area contributed by atoms with E-state index in [0.717, 1.165) is 16.7 Å². The van der Waals surface area contributed by atoms with Gasteiger partial charge in [-0.1, -0.05) is 78.4 Å². The van der Waals surface area contributed by atoms with Gasteiger partial charge in [-0.05, 0) is 36.6 Å². The lowest BCUT2D eigenvalue weighted by Crippen LogP contribution is -2.40. The molecule has 1 N–H and O–H groups in total. The summed E-state index contributed by atoms with van der Waals surface area (Å²) in [5, 5.41) is 3.95. The summed E-state index contributed by atoms with van der Waals surface area (Å²) in [4.78, 5) is 12.6. The summed E-state index contributed by atoms with van der Waals surface area (Å²) in [5.41, 5.74) is 5.38. The number of nitrogens with one attached hydrogen (secondary N) is 1. The van der Waals surface area contributed by atoms with Crippen LogP contribution < -0.4 is 5.43 Å². The number of benzene rings is 3. The zero-order chi connectivity index (χ0) is 22.1. The molecule has 0 aliphatic rings. The summed E-state index contributed by atoms with van der Waals surface area (Å²) in [5.74, 6) is -0.504. The third-order valence-electron chi connectivity index (χ3n) is 4.67. The number of hydrogen-bond acceptors (Lipinski definition) is 4. The summed E-state index contributed by atoms with van der Waals surface area (Å²) < 4.78 is 27.4. The van der Waals surface area contributed by atoms with Crippen LogP contribution in [0.25, 0.3) is 0 Å². The Morgan fingerprint density at radius 3 is 2.19 bits per heavy atom. The number of hydrazone groups is 1. The normalized spacial score (nSPS) is 11.7. The number of amides is 1. The molecule has 6 nitrogen and oxygen atoms in total. The summed E-state index contributed by atoms with van der Waals surface area (Å²) in [7, 11) is -3.83. The molecule has 3 rings (SSSR count). The van der Waals surface area contributed by atoms with E-state index in [1.807, 2.05) is 61.5 Å². The van der Waals surface area contributed by atoms with Crippen molar-refractivity contribution in [3.05, 3.63) is 102 Å². The minimum atomic E-state index is -3.83. The summed E-state index contributed by atoms with van der Waals surface area (Å²) in [6, 6.07) is 25.4. The number of rotatable bonds is 9. The number of nitrogens with zero attached hydrogens (tertiary/aromatic N) is 2. The predicted octanol–water partition coefficient (Wildman–Crippen LogP) is 3.38. The van der Waals surface area contributed by atoms with E-state index in [1.54, 1.807) is 18.2 Å². The third kappa shape index (κ3) is 6.60. The first-order valence-corrected chi connectivity index (χ1v) is 11.4. The first kappa shape index (κ1) is 22.4. The molecule has 0 fully saturated rings. The zero-order valence-corrected chi connectivity index (χ0v) is 18.1. The van der Waals surface area contributed by atoms with Crippen LogP contribution in [-0.2, 0) is 21.2 Å². The molecular weight excluding hydrogens is 410 g/mol. The molecule has 3 aromatic carbocycles. The molecule has 0 aliphatic carbocycles. The molecule has 3 aromatic rings. The first-order chi connectivity index (χ1) is 14.9. The van der Waals surface area contributed by atoms with Crippen molar-refractivity contribution in [1.29, 1.82) is 0 Å². The fraction of sp³-hybridized carbons (Fsp3) is 0.167. The van der Waals surface area contributed by atoms with Crippen molar-refractivity contribution >= 4 is 22.1 Å². The second-order valence-corrected chi connectivity index (χ2v) is 9.03. The maximum Gasteiger partial charge on any atom is 0.255 e. The van der Waals surface area contributed by atoms with Crippen LogP contribution in [0.2, 0.25) is 0 Å². The molecule has 0 saturated heterocycles. The van der Waals surface area contributed by atoms with Crippen molar-refractivity contribution in [2.24, 2.45) is 5.10 Å². The molecule has 0 spiro atoms. The van der Waals surface area contributed by atoms with Crippen LogP contribution >= 0.6 is 0 Å². The van der Waals surface area contributed by atoms with Gasteiger partial charge in [-0.15, -0.1) is 0 Å². The van der Waals surface area contributed by atoms with E-state index in [0.29, 0.717) is 6.42 Å². The summed E-state index contributed by atoms with van der Waals surface area (Å²) in [6.45, 7) is 1.84. The van der Waals surface area contributed by atoms with Gasteiger partial charge in [0, 0.05) is 6.54 Å². The van der Waals surface area contributed by atoms with E-state index in [9.17, 15) is 13.2 Å². The maximum atomic E-state index is 13.1. The second-order valence-electron chi connectivity index (χ2n) is 7.09. The molecule has 0 bridgehead atoms. The third-order valence-corrected chi connectivity index (χ3v) is 6.53. The fourth-order valence-electron chi connectivity index (χ4n) is 2.95. The molecule has 0 unspecified atom stereocenters. The van der Waals surface area contributed by atoms with Crippen molar-refractivity contribution in [3.63, 3.8) is 0 Å². The topological polar surface area (TPSA) is 78.8 Å². The highest BCUT2D eigenvalue weighted by atomic mass is 32.2. The molecule has 0 aromatic heterocycles. The smallest absolute Gasteiger partial charge is 0.255 e. The highest BCUT2D eigenvalue weighted by Gasteiger charge is 2.26. The fourth-order valence-corrected chi connectivity index (χ4v) is 4.37. The van der Waals surface area contributed by atoms with Crippen LogP contribution in [0.3, 0.4) is 0 Å². The molecule has 1 amide bonds. The summed E-state index contributed by atoms with van der Waals surface area (Å²) >= 11 is 0. The Hall–Kier alpha value is -3.29. The second kappa shape index (κ2) is 10.7. The zero-order valence-electron chi connectivity index (χ0n) is 17.3. The van der Waals surface area contributed by atoms with Crippen molar-refractivity contribution in [1.82, 2.24) is 9.73 Å². The monoisotopic (exact) mass is 435 g/mol. The Morgan fingerprint density at radius 2 is 1.55 bits per heavy atom. The minimum absolute atomic E-state index is 0.152. The Bertz CT molecular complexity index is 1110. The molecule has 0 aliphatic heterocycles. The minimum Gasteiger partial charge on any atom is -0.272 e. The molecule has 0 heterocycles. The van der Waals surface area contributed by atoms with Gasteiger partial charge < -0.3 is 0 Å². The number of hydrogen-bond donors (Lipinski definition) is 1. The lowest BCUT2D eigenvalue weighted by Gasteiger charge is -2.21. The summed E-state index contributed by atoms with van der Waals surface area (Å²) in [6.07, 6.45) is 2.02. The van der Waals surface area contributed by atoms with Crippen molar-refractivity contribution < 1.29 is 13.2 Å². The number of carbonyl (C=O) groups excluding carboxylic acids is 1. The lowest BCUT2D eigenvalue weighted by molar-refractivity contribution is -0.121.